The van der Waals surface area contributed by atoms with Crippen molar-refractivity contribution in [2.24, 2.45) is 16.7 Å². The van der Waals surface area contributed by atoms with Gasteiger partial charge in [0.25, 0.3) is 0 Å². The van der Waals surface area contributed by atoms with Crippen molar-refractivity contribution in [3.63, 3.8) is 0 Å². The molecule has 2 saturated heterocycles. The van der Waals surface area contributed by atoms with Crippen LogP contribution in [0, 0.1) is 16.7 Å². The van der Waals surface area contributed by atoms with Gasteiger partial charge in [0.05, 0.1) is 12.5 Å². The molecule has 2 aliphatic rings. The monoisotopic (exact) mass is 284 g/mol. The Morgan fingerprint density at radius 2 is 1.40 bits per heavy atom. The molecule has 4 heteroatoms. The predicted octanol–water partition coefficient (Wildman–Crippen LogP) is 2.80. The Balaban J connectivity index is 2.25. The van der Waals surface area contributed by atoms with Gasteiger partial charge in [0, 0.05) is 26.4 Å². The van der Waals surface area contributed by atoms with E-state index in [2.05, 4.69) is 13.8 Å². The van der Waals surface area contributed by atoms with E-state index in [0.717, 1.165) is 52.1 Å². The van der Waals surface area contributed by atoms with Crippen molar-refractivity contribution in [2.45, 2.75) is 46.5 Å². The van der Waals surface area contributed by atoms with E-state index in [0.29, 0.717) is 6.61 Å². The van der Waals surface area contributed by atoms with Crippen LogP contribution in [0.2, 0.25) is 0 Å². The van der Waals surface area contributed by atoms with E-state index >= 15 is 0 Å². The molecule has 0 bridgehead atoms. The highest BCUT2D eigenvalue weighted by atomic mass is 16.5. The van der Waals surface area contributed by atoms with Gasteiger partial charge in [-0.1, -0.05) is 13.8 Å². The van der Waals surface area contributed by atoms with Gasteiger partial charge >= 0.3 is 5.97 Å². The van der Waals surface area contributed by atoms with Crippen LogP contribution in [0.1, 0.15) is 46.5 Å². The van der Waals surface area contributed by atoms with E-state index < -0.39 is 0 Å². The number of rotatable bonds is 4. The van der Waals surface area contributed by atoms with Gasteiger partial charge in [0.1, 0.15) is 0 Å². The lowest BCUT2D eigenvalue weighted by atomic mass is 9.58. The second kappa shape index (κ2) is 6.44. The Hall–Kier alpha value is -0.610. The van der Waals surface area contributed by atoms with Crippen molar-refractivity contribution in [1.29, 1.82) is 0 Å². The SMILES string of the molecule is CCOC(=O)C(C1(C)CCOCC1)C1(C)CCOCC1. The summed E-state index contributed by atoms with van der Waals surface area (Å²) in [6.45, 7) is 9.80. The average molecular weight is 284 g/mol. The predicted molar refractivity (Wildman–Crippen MR) is 76.4 cm³/mol. The molecule has 0 unspecified atom stereocenters. The molecule has 20 heavy (non-hydrogen) atoms. The Morgan fingerprint density at radius 1 is 1.00 bits per heavy atom. The molecule has 4 nitrogen and oxygen atoms in total. The molecule has 116 valence electrons. The third-order valence-electron chi connectivity index (χ3n) is 5.19. The summed E-state index contributed by atoms with van der Waals surface area (Å²) in [5.74, 6) is -0.0796. The third-order valence-corrected chi connectivity index (χ3v) is 5.19. The summed E-state index contributed by atoms with van der Waals surface area (Å²) in [6, 6.07) is 0. The van der Waals surface area contributed by atoms with Crippen LogP contribution in [0.25, 0.3) is 0 Å². The Bertz CT molecular complexity index is 303. The van der Waals surface area contributed by atoms with Crippen LogP contribution >= 0.6 is 0 Å². The second-order valence-corrected chi connectivity index (χ2v) is 6.72. The molecular weight excluding hydrogens is 256 g/mol. The van der Waals surface area contributed by atoms with Gasteiger partial charge < -0.3 is 14.2 Å². The molecule has 0 N–H and O–H groups in total. The molecule has 2 rings (SSSR count). The molecule has 0 aliphatic carbocycles. The number of carbonyl (C=O) groups excluding carboxylic acids is 1. The molecule has 0 amide bonds. The number of hydrogen-bond donors (Lipinski definition) is 0. The lowest BCUT2D eigenvalue weighted by Crippen LogP contribution is -2.50. The fourth-order valence-corrected chi connectivity index (χ4v) is 3.89. The fourth-order valence-electron chi connectivity index (χ4n) is 3.89. The number of carbonyl (C=O) groups is 1. The maximum Gasteiger partial charge on any atom is 0.310 e. The molecule has 0 saturated carbocycles. The minimum absolute atomic E-state index is 0.0173. The van der Waals surface area contributed by atoms with Gasteiger partial charge in [-0.05, 0) is 43.4 Å². The first kappa shape index (κ1) is 15.8. The van der Waals surface area contributed by atoms with Crippen LogP contribution in [-0.2, 0) is 19.0 Å². The Morgan fingerprint density at radius 3 is 1.75 bits per heavy atom. The van der Waals surface area contributed by atoms with Gasteiger partial charge in [-0.2, -0.15) is 0 Å². The summed E-state index contributed by atoms with van der Waals surface area (Å²) in [5.41, 5.74) is -0.0345. The van der Waals surface area contributed by atoms with Crippen molar-refractivity contribution in [3.8, 4) is 0 Å². The Kier molecular flexibility index (Phi) is 5.08. The molecule has 0 aromatic heterocycles. The molecule has 2 fully saturated rings. The van der Waals surface area contributed by atoms with Crippen LogP contribution in [0.4, 0.5) is 0 Å². The maximum atomic E-state index is 12.6. The summed E-state index contributed by atoms with van der Waals surface area (Å²) >= 11 is 0. The first-order valence-corrected chi connectivity index (χ1v) is 7.84. The lowest BCUT2D eigenvalue weighted by molar-refractivity contribution is -0.169. The Labute approximate surface area is 122 Å². The zero-order chi connectivity index (χ0) is 14.6. The van der Waals surface area contributed by atoms with Crippen molar-refractivity contribution < 1.29 is 19.0 Å². The zero-order valence-corrected chi connectivity index (χ0v) is 13.1. The first-order valence-electron chi connectivity index (χ1n) is 7.84. The van der Waals surface area contributed by atoms with Crippen LogP contribution in [0.3, 0.4) is 0 Å². The highest BCUT2D eigenvalue weighted by Crippen LogP contribution is 2.51. The number of esters is 1. The molecule has 0 radical (unpaired) electrons. The van der Waals surface area contributed by atoms with Crippen molar-refractivity contribution in [3.05, 3.63) is 0 Å². The lowest BCUT2D eigenvalue weighted by Gasteiger charge is -2.49. The molecule has 2 aliphatic heterocycles. The fraction of sp³-hybridized carbons (Fsp3) is 0.938. The highest BCUT2D eigenvalue weighted by molar-refractivity contribution is 5.74. The van der Waals surface area contributed by atoms with E-state index in [1.807, 2.05) is 6.92 Å². The maximum absolute atomic E-state index is 12.6. The van der Waals surface area contributed by atoms with Crippen molar-refractivity contribution >= 4 is 5.97 Å². The summed E-state index contributed by atoms with van der Waals surface area (Å²) in [6.07, 6.45) is 3.75. The minimum Gasteiger partial charge on any atom is -0.466 e. The molecule has 0 aromatic carbocycles. The van der Waals surface area contributed by atoms with E-state index in [4.69, 9.17) is 14.2 Å². The third kappa shape index (κ3) is 3.17. The van der Waals surface area contributed by atoms with Gasteiger partial charge in [-0.3, -0.25) is 4.79 Å². The standard InChI is InChI=1S/C16H28O4/c1-4-20-14(17)13(15(2)5-9-18-10-6-15)16(3)7-11-19-12-8-16/h13H,4-12H2,1-3H3. The van der Waals surface area contributed by atoms with Gasteiger partial charge in [0.2, 0.25) is 0 Å². The topological polar surface area (TPSA) is 44.8 Å². The molecular formula is C16H28O4. The normalized spacial score (nSPS) is 25.4. The van der Waals surface area contributed by atoms with E-state index in [1.165, 1.54) is 0 Å². The second-order valence-electron chi connectivity index (χ2n) is 6.72. The zero-order valence-electron chi connectivity index (χ0n) is 13.1. The number of ether oxygens (including phenoxy) is 3. The van der Waals surface area contributed by atoms with Crippen LogP contribution in [-0.4, -0.2) is 39.0 Å². The van der Waals surface area contributed by atoms with Crippen molar-refractivity contribution in [2.75, 3.05) is 33.0 Å². The van der Waals surface area contributed by atoms with Crippen LogP contribution in [0.5, 0.6) is 0 Å². The summed E-state index contributed by atoms with van der Waals surface area (Å²) in [7, 11) is 0. The quantitative estimate of drug-likeness (QED) is 0.745. The summed E-state index contributed by atoms with van der Waals surface area (Å²) < 4.78 is 16.4. The van der Waals surface area contributed by atoms with Gasteiger partial charge in [0.15, 0.2) is 0 Å². The van der Waals surface area contributed by atoms with Crippen LogP contribution < -0.4 is 0 Å². The van der Waals surface area contributed by atoms with Gasteiger partial charge in [-0.25, -0.2) is 0 Å². The molecule has 0 atom stereocenters. The first-order chi connectivity index (χ1) is 9.52. The van der Waals surface area contributed by atoms with E-state index in [-0.39, 0.29) is 22.7 Å². The smallest absolute Gasteiger partial charge is 0.310 e. The summed E-state index contributed by atoms with van der Waals surface area (Å²) in [4.78, 5) is 12.6. The van der Waals surface area contributed by atoms with E-state index in [1.54, 1.807) is 0 Å². The molecule has 0 aromatic rings. The van der Waals surface area contributed by atoms with Crippen molar-refractivity contribution in [1.82, 2.24) is 0 Å². The van der Waals surface area contributed by atoms with Crippen LogP contribution in [0.15, 0.2) is 0 Å². The van der Waals surface area contributed by atoms with Gasteiger partial charge in [-0.15, -0.1) is 0 Å². The summed E-state index contributed by atoms with van der Waals surface area (Å²) in [5, 5.41) is 0. The van der Waals surface area contributed by atoms with E-state index in [9.17, 15) is 4.79 Å². The largest absolute Gasteiger partial charge is 0.466 e. The molecule has 2 heterocycles. The highest BCUT2D eigenvalue weighted by Gasteiger charge is 2.51. The number of hydrogen-bond acceptors (Lipinski definition) is 4. The molecule has 0 spiro atoms. The minimum atomic E-state index is -0.0530. The average Bonchev–Trinajstić information content (AvgIpc) is 2.40.